The highest BCUT2D eigenvalue weighted by molar-refractivity contribution is 6.12. The number of aromatic nitrogens is 1. The molecule has 0 fully saturated rings. The van der Waals surface area contributed by atoms with Gasteiger partial charge in [-0.05, 0) is 55.2 Å². The number of benzene rings is 3. The molecule has 142 valence electrons. The topological polar surface area (TPSA) is 17.0 Å². The Kier molecular flexibility index (Phi) is 3.76. The second kappa shape index (κ2) is 6.59. The molecule has 5 aromatic rings. The summed E-state index contributed by atoms with van der Waals surface area (Å²) in [5, 5.41) is 2.28. The molecule has 0 N–H and O–H groups in total. The van der Waals surface area contributed by atoms with E-state index in [4.69, 9.17) is 5.79 Å². The first-order valence-electron chi connectivity index (χ1n) is 10.4. The first kappa shape index (κ1) is 16.6. The average molecular weight is 380 g/mol. The third-order valence-electron chi connectivity index (χ3n) is 5.82. The molecular weight excluding hydrogens is 354 g/mol. The smallest absolute Gasteiger partial charge is 0.212 e. The summed E-state index contributed by atoms with van der Waals surface area (Å²) in [4.78, 5) is 0. The fourth-order valence-electron chi connectivity index (χ4n) is 4.32. The minimum atomic E-state index is 0.503. The Hall–Kier alpha value is -3.39. The number of pyridine rings is 1. The van der Waals surface area contributed by atoms with Crippen LogP contribution in [0.3, 0.4) is 0 Å². The van der Waals surface area contributed by atoms with E-state index in [-0.39, 0.29) is 0 Å². The predicted molar refractivity (Wildman–Crippen MR) is 120 cm³/mol. The second-order valence-electron chi connectivity index (χ2n) is 7.82. The van der Waals surface area contributed by atoms with Crippen molar-refractivity contribution in [1.82, 2.24) is 0 Å². The monoisotopic (exact) mass is 379 g/mol. The Bertz CT molecular complexity index is 1430. The van der Waals surface area contributed by atoms with Gasteiger partial charge in [0, 0.05) is 34.0 Å². The van der Waals surface area contributed by atoms with Gasteiger partial charge in [-0.25, -0.2) is 4.57 Å². The number of fused-ring (bicyclic) bond motifs is 3. The van der Waals surface area contributed by atoms with Crippen LogP contribution in [-0.4, -0.2) is 0 Å². The van der Waals surface area contributed by atoms with E-state index in [2.05, 4.69) is 68.4 Å². The number of aryl methyl sites for hydroxylation is 3. The summed E-state index contributed by atoms with van der Waals surface area (Å²) in [5.41, 5.74) is 9.80. The summed E-state index contributed by atoms with van der Waals surface area (Å²) in [6.45, 7) is 6.33. The van der Waals surface area contributed by atoms with Gasteiger partial charge >= 0.3 is 0 Å². The van der Waals surface area contributed by atoms with Crippen LogP contribution in [-0.2, 0) is 7.05 Å². The molecule has 0 aliphatic rings. The normalized spacial score (nSPS) is 11.9. The van der Waals surface area contributed by atoms with Crippen molar-refractivity contribution in [1.29, 1.82) is 0 Å². The summed E-state index contributed by atoms with van der Waals surface area (Å²) in [7, 11) is 1.95. The molecule has 3 aromatic carbocycles. The van der Waals surface area contributed by atoms with Crippen LogP contribution in [0.25, 0.3) is 44.3 Å². The molecule has 0 amide bonds. The van der Waals surface area contributed by atoms with Crippen molar-refractivity contribution >= 4 is 21.9 Å². The lowest BCUT2D eigenvalue weighted by atomic mass is 9.95. The largest absolute Gasteiger partial charge is 0.455 e. The van der Waals surface area contributed by atoms with Gasteiger partial charge in [-0.2, -0.15) is 0 Å². The predicted octanol–water partition coefficient (Wildman–Crippen LogP) is 6.67. The van der Waals surface area contributed by atoms with Crippen molar-refractivity contribution < 1.29 is 10.4 Å². The van der Waals surface area contributed by atoms with Crippen molar-refractivity contribution in [2.45, 2.75) is 20.8 Å². The van der Waals surface area contributed by atoms with Crippen LogP contribution >= 0.6 is 0 Å². The van der Waals surface area contributed by atoms with Gasteiger partial charge in [-0.3, -0.25) is 0 Å². The Morgan fingerprint density at radius 3 is 2.48 bits per heavy atom. The summed E-state index contributed by atoms with van der Waals surface area (Å²) < 4.78 is 16.6. The molecule has 5 rings (SSSR count). The summed E-state index contributed by atoms with van der Waals surface area (Å²) >= 11 is 0. The lowest BCUT2D eigenvalue weighted by Gasteiger charge is -2.08. The van der Waals surface area contributed by atoms with Crippen LogP contribution in [0.15, 0.2) is 77.3 Å². The Morgan fingerprint density at radius 2 is 1.69 bits per heavy atom. The molecule has 2 heteroatoms. The summed E-state index contributed by atoms with van der Waals surface area (Å²) in [6, 6.07) is 23.0. The summed E-state index contributed by atoms with van der Waals surface area (Å²) in [5.74, 6) is 0. The number of hydrogen-bond donors (Lipinski definition) is 0. The van der Waals surface area contributed by atoms with Crippen molar-refractivity contribution in [2.24, 2.45) is 7.05 Å². The van der Waals surface area contributed by atoms with Gasteiger partial charge in [0.05, 0.1) is 0 Å². The van der Waals surface area contributed by atoms with Gasteiger partial charge in [-0.15, -0.1) is 0 Å². The molecule has 2 heterocycles. The molecule has 0 radical (unpaired) electrons. The Morgan fingerprint density at radius 1 is 0.897 bits per heavy atom. The van der Waals surface area contributed by atoms with E-state index in [1.807, 2.05) is 30.7 Å². The van der Waals surface area contributed by atoms with Crippen LogP contribution in [0.1, 0.15) is 18.1 Å². The van der Waals surface area contributed by atoms with Crippen molar-refractivity contribution in [3.8, 4) is 22.4 Å². The molecule has 2 aromatic heterocycles. The second-order valence-corrected chi connectivity index (χ2v) is 7.82. The zero-order valence-corrected chi connectivity index (χ0v) is 17.2. The minimum absolute atomic E-state index is 0.503. The first-order valence-corrected chi connectivity index (χ1v) is 9.94. The van der Waals surface area contributed by atoms with Crippen LogP contribution in [0.4, 0.5) is 0 Å². The first-order chi connectivity index (χ1) is 14.5. The highest BCUT2D eigenvalue weighted by atomic mass is 16.3. The standard InChI is InChI=1S/C27H24NO/c1-17-14-15-28(4)23(16-17)21-12-13-24-26(19(21)3)22-11-10-18(2)25(27(22)29-24)20-8-6-5-7-9-20/h5-16H,1-4H3/q+1/i15D. The van der Waals surface area contributed by atoms with Gasteiger partial charge in [0.15, 0.2) is 6.17 Å². The molecule has 0 saturated carbocycles. The maximum Gasteiger partial charge on any atom is 0.212 e. The molecular formula is C27H24NO+. The van der Waals surface area contributed by atoms with E-state index in [1.165, 1.54) is 16.7 Å². The third-order valence-corrected chi connectivity index (χ3v) is 5.82. The van der Waals surface area contributed by atoms with E-state index in [1.54, 1.807) is 0 Å². The maximum absolute atomic E-state index is 8.28. The number of rotatable bonds is 2. The Labute approximate surface area is 172 Å². The lowest BCUT2D eigenvalue weighted by molar-refractivity contribution is -0.660. The molecule has 0 atom stereocenters. The number of hydrogen-bond acceptors (Lipinski definition) is 1. The highest BCUT2D eigenvalue weighted by Gasteiger charge is 2.20. The van der Waals surface area contributed by atoms with E-state index >= 15 is 0 Å². The van der Waals surface area contributed by atoms with E-state index in [9.17, 15) is 0 Å². The average Bonchev–Trinajstić information content (AvgIpc) is 3.11. The molecule has 0 saturated heterocycles. The number of furan rings is 1. The quantitative estimate of drug-likeness (QED) is 0.313. The highest BCUT2D eigenvalue weighted by Crippen LogP contribution is 2.40. The van der Waals surface area contributed by atoms with Crippen molar-refractivity contribution in [3.63, 3.8) is 0 Å². The van der Waals surface area contributed by atoms with E-state index in [0.29, 0.717) is 6.17 Å². The SMILES string of the molecule is [2H]c1cc(C)cc(-c2ccc3oc4c(-c5ccccc5)c(C)ccc4c3c2C)[n+]1C. The maximum atomic E-state index is 8.28. The zero-order chi connectivity index (χ0) is 21.0. The number of nitrogens with zero attached hydrogens (tertiary/aromatic N) is 1. The van der Waals surface area contributed by atoms with Crippen molar-refractivity contribution in [2.75, 3.05) is 0 Å². The fourth-order valence-corrected chi connectivity index (χ4v) is 4.32. The van der Waals surface area contributed by atoms with Crippen LogP contribution < -0.4 is 4.57 Å². The van der Waals surface area contributed by atoms with Crippen LogP contribution in [0, 0.1) is 20.8 Å². The van der Waals surface area contributed by atoms with Crippen molar-refractivity contribution in [3.05, 3.63) is 89.6 Å². The Balaban J connectivity index is 1.85. The third kappa shape index (κ3) is 2.75. The van der Waals surface area contributed by atoms with Gasteiger partial charge < -0.3 is 4.42 Å². The fraction of sp³-hybridized carbons (Fsp3) is 0.148. The molecule has 0 unspecified atom stereocenters. The zero-order valence-electron chi connectivity index (χ0n) is 18.2. The molecule has 2 nitrogen and oxygen atoms in total. The molecule has 0 bridgehead atoms. The minimum Gasteiger partial charge on any atom is -0.455 e. The molecule has 29 heavy (non-hydrogen) atoms. The lowest BCUT2D eigenvalue weighted by Crippen LogP contribution is -2.30. The van der Waals surface area contributed by atoms with Gasteiger partial charge in [0.1, 0.15) is 19.6 Å². The molecule has 0 aliphatic carbocycles. The van der Waals surface area contributed by atoms with E-state index in [0.717, 1.165) is 44.3 Å². The van der Waals surface area contributed by atoms with Crippen LogP contribution in [0.2, 0.25) is 0 Å². The van der Waals surface area contributed by atoms with Gasteiger partial charge in [0.25, 0.3) is 0 Å². The molecule has 0 spiro atoms. The van der Waals surface area contributed by atoms with Crippen LogP contribution in [0.5, 0.6) is 0 Å². The van der Waals surface area contributed by atoms with E-state index < -0.39 is 0 Å². The summed E-state index contributed by atoms with van der Waals surface area (Å²) in [6.07, 6.45) is 0.503. The van der Waals surface area contributed by atoms with Gasteiger partial charge in [-0.1, -0.05) is 42.5 Å². The molecule has 0 aliphatic heterocycles. The van der Waals surface area contributed by atoms with Gasteiger partial charge in [0.2, 0.25) is 5.69 Å².